The fourth-order valence-corrected chi connectivity index (χ4v) is 4.98. The molecule has 0 aliphatic carbocycles. The molecule has 1 saturated heterocycles. The molecular weight excluding hydrogens is 448 g/mol. The average molecular weight is 475 g/mol. The number of allylic oxidation sites excluding steroid dienone is 1. The number of thioether (sulfide) groups is 1. The summed E-state index contributed by atoms with van der Waals surface area (Å²) in [5.74, 6) is 0. The Labute approximate surface area is 200 Å². The molecule has 174 valence electrons. The lowest BCUT2D eigenvalue weighted by atomic mass is 10.0. The van der Waals surface area contributed by atoms with Crippen LogP contribution < -0.4 is 11.2 Å². The number of pyridine rings is 3. The molecule has 0 saturated carbocycles. The minimum absolute atomic E-state index is 0.0497. The van der Waals surface area contributed by atoms with Crippen molar-refractivity contribution in [1.82, 2.24) is 29.4 Å². The molecule has 0 unspecified atom stereocenters. The molecule has 0 aromatic carbocycles. The van der Waals surface area contributed by atoms with Crippen molar-refractivity contribution >= 4 is 33.7 Å². The van der Waals surface area contributed by atoms with E-state index in [0.29, 0.717) is 21.9 Å². The number of hydrogen-bond donors (Lipinski definition) is 1. The Morgan fingerprint density at radius 2 is 1.94 bits per heavy atom. The number of nitrogens with one attached hydrogen (secondary N) is 1. The summed E-state index contributed by atoms with van der Waals surface area (Å²) in [7, 11) is 0. The van der Waals surface area contributed by atoms with Gasteiger partial charge in [-0.05, 0) is 49.8 Å². The van der Waals surface area contributed by atoms with E-state index in [2.05, 4.69) is 33.4 Å². The number of piperidine rings is 1. The zero-order valence-electron chi connectivity index (χ0n) is 19.2. The van der Waals surface area contributed by atoms with Gasteiger partial charge in [-0.15, -0.1) is 11.8 Å². The number of aromatic amines is 1. The Morgan fingerprint density at radius 1 is 1.15 bits per heavy atom. The maximum Gasteiger partial charge on any atom is 0.329 e. The van der Waals surface area contributed by atoms with Crippen molar-refractivity contribution < 1.29 is 0 Å². The third-order valence-electron chi connectivity index (χ3n) is 6.54. The predicted molar refractivity (Wildman–Crippen MR) is 136 cm³/mol. The van der Waals surface area contributed by atoms with Gasteiger partial charge in [0.25, 0.3) is 5.56 Å². The highest BCUT2D eigenvalue weighted by Gasteiger charge is 2.25. The van der Waals surface area contributed by atoms with Gasteiger partial charge < -0.3 is 4.90 Å². The monoisotopic (exact) mass is 474 g/mol. The molecule has 0 spiro atoms. The SMILES string of the molecule is C=C(CC)N1CCC(n2c(=O)[nH]c(=O)c3cnc4ccc(-c5ccc(SC)nc5)nc4c32)CC1. The van der Waals surface area contributed by atoms with Gasteiger partial charge in [-0.2, -0.15) is 0 Å². The molecule has 1 fully saturated rings. The second kappa shape index (κ2) is 9.06. The molecule has 4 aromatic rings. The fourth-order valence-electron chi connectivity index (χ4n) is 4.61. The van der Waals surface area contributed by atoms with Gasteiger partial charge in [-0.25, -0.2) is 14.8 Å². The lowest BCUT2D eigenvalue weighted by Crippen LogP contribution is -2.39. The van der Waals surface area contributed by atoms with Gasteiger partial charge in [0.05, 0.1) is 27.1 Å². The van der Waals surface area contributed by atoms with Crippen molar-refractivity contribution in [2.45, 2.75) is 37.3 Å². The smallest absolute Gasteiger partial charge is 0.329 e. The van der Waals surface area contributed by atoms with Crippen molar-refractivity contribution in [3.8, 4) is 11.3 Å². The number of H-pyrrole nitrogens is 1. The molecule has 5 rings (SSSR count). The van der Waals surface area contributed by atoms with Crippen LogP contribution in [0.4, 0.5) is 0 Å². The molecule has 1 aliphatic heterocycles. The highest BCUT2D eigenvalue weighted by atomic mass is 32.2. The predicted octanol–water partition coefficient (Wildman–Crippen LogP) is 3.98. The van der Waals surface area contributed by atoms with Crippen molar-refractivity contribution in [3.63, 3.8) is 0 Å². The van der Waals surface area contributed by atoms with Crippen LogP contribution in [0.25, 0.3) is 33.2 Å². The van der Waals surface area contributed by atoms with E-state index >= 15 is 0 Å². The first kappa shape index (κ1) is 22.3. The minimum Gasteiger partial charge on any atom is -0.375 e. The summed E-state index contributed by atoms with van der Waals surface area (Å²) in [6.07, 6.45) is 7.77. The summed E-state index contributed by atoms with van der Waals surface area (Å²) >= 11 is 1.57. The van der Waals surface area contributed by atoms with Gasteiger partial charge >= 0.3 is 5.69 Å². The van der Waals surface area contributed by atoms with Gasteiger partial charge in [0.1, 0.15) is 5.52 Å². The van der Waals surface area contributed by atoms with Gasteiger partial charge in [-0.1, -0.05) is 13.5 Å². The van der Waals surface area contributed by atoms with E-state index in [-0.39, 0.29) is 6.04 Å². The molecule has 0 radical (unpaired) electrons. The Balaban J connectivity index is 1.67. The molecule has 4 aromatic heterocycles. The largest absolute Gasteiger partial charge is 0.375 e. The summed E-state index contributed by atoms with van der Waals surface area (Å²) < 4.78 is 1.72. The third kappa shape index (κ3) is 3.90. The molecule has 9 heteroatoms. The number of fused-ring (bicyclic) bond motifs is 3. The number of hydrogen-bond acceptors (Lipinski definition) is 7. The third-order valence-corrected chi connectivity index (χ3v) is 7.20. The summed E-state index contributed by atoms with van der Waals surface area (Å²) in [6.45, 7) is 7.89. The van der Waals surface area contributed by atoms with E-state index in [1.165, 1.54) is 6.20 Å². The lowest BCUT2D eigenvalue weighted by Gasteiger charge is -2.35. The molecule has 0 bridgehead atoms. The lowest BCUT2D eigenvalue weighted by molar-refractivity contribution is 0.224. The van der Waals surface area contributed by atoms with Crippen LogP contribution in [0.15, 0.2) is 63.6 Å². The van der Waals surface area contributed by atoms with Crippen LogP contribution in [0.1, 0.15) is 32.2 Å². The summed E-state index contributed by atoms with van der Waals surface area (Å²) in [5.41, 5.74) is 3.57. The van der Waals surface area contributed by atoms with Gasteiger partial charge in [-0.3, -0.25) is 19.3 Å². The number of nitrogens with zero attached hydrogens (tertiary/aromatic N) is 5. The van der Waals surface area contributed by atoms with Crippen LogP contribution in [0, 0.1) is 0 Å². The second-order valence-electron chi connectivity index (χ2n) is 8.44. The topological polar surface area (TPSA) is 96.8 Å². The van der Waals surface area contributed by atoms with Crippen molar-refractivity contribution in [2.24, 2.45) is 0 Å². The van der Waals surface area contributed by atoms with Crippen molar-refractivity contribution in [1.29, 1.82) is 0 Å². The van der Waals surface area contributed by atoms with Crippen molar-refractivity contribution in [3.05, 3.63) is 69.8 Å². The molecule has 34 heavy (non-hydrogen) atoms. The van der Waals surface area contributed by atoms with Gasteiger partial charge in [0.2, 0.25) is 0 Å². The van der Waals surface area contributed by atoms with Gasteiger partial charge in [0, 0.05) is 42.8 Å². The van der Waals surface area contributed by atoms with E-state index in [1.54, 1.807) is 22.5 Å². The summed E-state index contributed by atoms with van der Waals surface area (Å²) in [5, 5.41) is 1.29. The standard InChI is InChI=1S/C25H26N6O2S/c1-4-15(2)30-11-9-17(10-12-30)31-23-18(24(32)29-25(31)33)14-26-20-7-6-19(28-22(20)23)16-5-8-21(34-3)27-13-16/h5-8,13-14,17H,2,4,9-12H2,1,3H3,(H,29,32,33). The number of likely N-dealkylation sites (tertiary alicyclic amines) is 1. The summed E-state index contributed by atoms with van der Waals surface area (Å²) in [6, 6.07) is 7.64. The second-order valence-corrected chi connectivity index (χ2v) is 9.27. The van der Waals surface area contributed by atoms with Crippen LogP contribution in [-0.4, -0.2) is 48.7 Å². The molecular formula is C25H26N6O2S. The zero-order chi connectivity index (χ0) is 23.8. The first-order chi connectivity index (χ1) is 16.5. The van der Waals surface area contributed by atoms with E-state index in [1.807, 2.05) is 30.5 Å². The van der Waals surface area contributed by atoms with Crippen LogP contribution in [0.2, 0.25) is 0 Å². The van der Waals surface area contributed by atoms with E-state index in [9.17, 15) is 9.59 Å². The molecule has 0 amide bonds. The molecule has 0 atom stereocenters. The number of aromatic nitrogens is 5. The zero-order valence-corrected chi connectivity index (χ0v) is 20.1. The first-order valence-corrected chi connectivity index (χ1v) is 12.6. The van der Waals surface area contributed by atoms with E-state index < -0.39 is 11.2 Å². The van der Waals surface area contributed by atoms with Gasteiger partial charge in [0.15, 0.2) is 0 Å². The Morgan fingerprint density at radius 3 is 2.62 bits per heavy atom. The highest BCUT2D eigenvalue weighted by Crippen LogP contribution is 2.30. The molecule has 5 heterocycles. The Hall–Kier alpha value is -3.46. The van der Waals surface area contributed by atoms with Crippen molar-refractivity contribution in [2.75, 3.05) is 19.3 Å². The molecule has 1 aliphatic rings. The van der Waals surface area contributed by atoms with E-state index in [4.69, 9.17) is 4.98 Å². The highest BCUT2D eigenvalue weighted by molar-refractivity contribution is 7.98. The summed E-state index contributed by atoms with van der Waals surface area (Å²) in [4.78, 5) is 44.4. The average Bonchev–Trinajstić information content (AvgIpc) is 2.88. The van der Waals surface area contributed by atoms with Crippen LogP contribution in [-0.2, 0) is 0 Å². The maximum absolute atomic E-state index is 13.1. The quantitative estimate of drug-likeness (QED) is 0.345. The molecule has 1 N–H and O–H groups in total. The Bertz CT molecular complexity index is 1500. The van der Waals surface area contributed by atoms with E-state index in [0.717, 1.165) is 54.3 Å². The molecule has 8 nitrogen and oxygen atoms in total. The maximum atomic E-state index is 13.1. The fraction of sp³-hybridized carbons (Fsp3) is 0.320. The minimum atomic E-state index is -0.444. The van der Waals surface area contributed by atoms with Crippen LogP contribution in [0.5, 0.6) is 0 Å². The normalized spacial score (nSPS) is 14.7. The van der Waals surface area contributed by atoms with Crippen LogP contribution in [0.3, 0.4) is 0 Å². The number of rotatable bonds is 5. The Kier molecular flexibility index (Phi) is 5.95. The first-order valence-electron chi connectivity index (χ1n) is 11.4. The van der Waals surface area contributed by atoms with Crippen LogP contribution >= 0.6 is 11.8 Å².